The van der Waals surface area contributed by atoms with Crippen LogP contribution in [0.5, 0.6) is 0 Å². The summed E-state index contributed by atoms with van der Waals surface area (Å²) >= 11 is 6.14. The first-order valence-electron chi connectivity index (χ1n) is 8.10. The maximum atomic E-state index is 12.5. The summed E-state index contributed by atoms with van der Waals surface area (Å²) in [5.74, 6) is 1.39. The number of carbonyl (C=O) groups excluding carboxylic acids is 1. The molecular formula is C17H21ClN4O2. The molecule has 1 saturated heterocycles. The molecule has 2 aromatic rings. The molecule has 1 atom stereocenters. The van der Waals surface area contributed by atoms with Crippen molar-refractivity contribution in [1.82, 2.24) is 19.9 Å². The monoisotopic (exact) mass is 348 g/mol. The molecule has 1 aromatic carbocycles. The van der Waals surface area contributed by atoms with E-state index in [0.29, 0.717) is 36.2 Å². The minimum absolute atomic E-state index is 0.0621. The van der Waals surface area contributed by atoms with Crippen molar-refractivity contribution in [3.05, 3.63) is 46.6 Å². The van der Waals surface area contributed by atoms with E-state index >= 15 is 0 Å². The molecular weight excluding hydrogens is 328 g/mol. The van der Waals surface area contributed by atoms with Gasteiger partial charge in [-0.3, -0.25) is 9.69 Å². The van der Waals surface area contributed by atoms with Crippen molar-refractivity contribution in [2.75, 3.05) is 26.2 Å². The summed E-state index contributed by atoms with van der Waals surface area (Å²) in [5.41, 5.74) is 0.876. The van der Waals surface area contributed by atoms with Crippen molar-refractivity contribution in [2.45, 2.75) is 26.3 Å². The number of piperazine rings is 1. The molecule has 2 heterocycles. The lowest BCUT2D eigenvalue weighted by Crippen LogP contribution is -2.49. The molecule has 0 spiro atoms. The maximum absolute atomic E-state index is 12.5. The number of aryl methyl sites for hydroxylation is 1. The topological polar surface area (TPSA) is 62.5 Å². The average Bonchev–Trinajstić information content (AvgIpc) is 3.03. The Kier molecular flexibility index (Phi) is 5.16. The molecule has 3 rings (SSSR count). The Bertz CT molecular complexity index is 710. The largest absolute Gasteiger partial charge is 0.340 e. The third-order valence-corrected chi connectivity index (χ3v) is 4.78. The van der Waals surface area contributed by atoms with Gasteiger partial charge in [-0.2, -0.15) is 4.98 Å². The minimum Gasteiger partial charge on any atom is -0.340 e. The molecule has 128 valence electrons. The van der Waals surface area contributed by atoms with E-state index in [4.69, 9.17) is 16.1 Å². The highest BCUT2D eigenvalue weighted by Gasteiger charge is 2.27. The second kappa shape index (κ2) is 7.32. The highest BCUT2D eigenvalue weighted by atomic mass is 35.5. The maximum Gasteiger partial charge on any atom is 0.243 e. The standard InChI is InChI=1S/C17H21ClN4O2/c1-12(17-19-13(2)20-24-17)21-7-9-22(10-8-21)16(23)11-14-5-3-4-6-15(14)18/h3-6,12H,7-11H2,1-2H3/t12-/m1/s1. The summed E-state index contributed by atoms with van der Waals surface area (Å²) in [7, 11) is 0. The van der Waals surface area contributed by atoms with Gasteiger partial charge < -0.3 is 9.42 Å². The van der Waals surface area contributed by atoms with E-state index in [2.05, 4.69) is 15.0 Å². The van der Waals surface area contributed by atoms with E-state index in [0.717, 1.165) is 18.7 Å². The van der Waals surface area contributed by atoms with Gasteiger partial charge in [-0.05, 0) is 25.5 Å². The van der Waals surface area contributed by atoms with Gasteiger partial charge in [-0.1, -0.05) is 35.0 Å². The van der Waals surface area contributed by atoms with E-state index in [-0.39, 0.29) is 11.9 Å². The van der Waals surface area contributed by atoms with E-state index in [1.54, 1.807) is 0 Å². The zero-order chi connectivity index (χ0) is 17.1. The summed E-state index contributed by atoms with van der Waals surface area (Å²) < 4.78 is 5.25. The molecule has 6 nitrogen and oxygen atoms in total. The number of carbonyl (C=O) groups is 1. The number of hydrogen-bond donors (Lipinski definition) is 0. The van der Waals surface area contributed by atoms with Gasteiger partial charge >= 0.3 is 0 Å². The van der Waals surface area contributed by atoms with E-state index in [1.807, 2.05) is 43.0 Å². The highest BCUT2D eigenvalue weighted by molar-refractivity contribution is 6.31. The van der Waals surface area contributed by atoms with Crippen molar-refractivity contribution in [2.24, 2.45) is 0 Å². The predicted molar refractivity (Wildman–Crippen MR) is 90.8 cm³/mol. The summed E-state index contributed by atoms with van der Waals surface area (Å²) in [6.45, 7) is 6.83. The van der Waals surface area contributed by atoms with Crippen LogP contribution in [0.25, 0.3) is 0 Å². The number of aromatic nitrogens is 2. The molecule has 0 bridgehead atoms. The van der Waals surface area contributed by atoms with Crippen LogP contribution in [0.15, 0.2) is 28.8 Å². The van der Waals surface area contributed by atoms with Gasteiger partial charge in [-0.25, -0.2) is 0 Å². The average molecular weight is 349 g/mol. The Balaban J connectivity index is 1.55. The van der Waals surface area contributed by atoms with Gasteiger partial charge in [0.05, 0.1) is 12.5 Å². The van der Waals surface area contributed by atoms with Crippen LogP contribution in [0.3, 0.4) is 0 Å². The SMILES string of the molecule is Cc1noc([C@@H](C)N2CCN(C(=O)Cc3ccccc3Cl)CC2)n1. The third-order valence-electron chi connectivity index (χ3n) is 4.41. The van der Waals surface area contributed by atoms with Crippen molar-refractivity contribution >= 4 is 17.5 Å². The molecule has 0 saturated carbocycles. The minimum atomic E-state index is 0.0621. The van der Waals surface area contributed by atoms with Crippen LogP contribution in [0, 0.1) is 6.92 Å². The van der Waals surface area contributed by atoms with Crippen molar-refractivity contribution in [1.29, 1.82) is 0 Å². The molecule has 0 N–H and O–H groups in total. The first-order chi connectivity index (χ1) is 11.5. The lowest BCUT2D eigenvalue weighted by molar-refractivity contribution is -0.132. The summed E-state index contributed by atoms with van der Waals surface area (Å²) in [6, 6.07) is 7.55. The van der Waals surface area contributed by atoms with Crippen molar-refractivity contribution in [3.63, 3.8) is 0 Å². The number of benzene rings is 1. The molecule has 0 aliphatic carbocycles. The molecule has 1 aliphatic rings. The zero-order valence-corrected chi connectivity index (χ0v) is 14.7. The molecule has 1 aliphatic heterocycles. The summed E-state index contributed by atoms with van der Waals surface area (Å²) in [4.78, 5) is 20.9. The Labute approximate surface area is 146 Å². The zero-order valence-electron chi connectivity index (χ0n) is 13.9. The fourth-order valence-electron chi connectivity index (χ4n) is 2.91. The van der Waals surface area contributed by atoms with Gasteiger partial charge in [0.15, 0.2) is 5.82 Å². The summed E-state index contributed by atoms with van der Waals surface area (Å²) in [6.07, 6.45) is 0.345. The lowest BCUT2D eigenvalue weighted by atomic mass is 10.1. The molecule has 0 unspecified atom stereocenters. The molecule has 0 radical (unpaired) electrons. The van der Waals surface area contributed by atoms with Crippen molar-refractivity contribution < 1.29 is 9.32 Å². The normalized spacial score (nSPS) is 17.0. The molecule has 1 fully saturated rings. The Morgan fingerprint density at radius 3 is 2.62 bits per heavy atom. The van der Waals surface area contributed by atoms with Gasteiger partial charge in [0, 0.05) is 31.2 Å². The second-order valence-electron chi connectivity index (χ2n) is 6.04. The second-order valence-corrected chi connectivity index (χ2v) is 6.45. The first kappa shape index (κ1) is 16.9. The quantitative estimate of drug-likeness (QED) is 0.849. The van der Waals surface area contributed by atoms with E-state index < -0.39 is 0 Å². The van der Waals surface area contributed by atoms with Gasteiger partial charge in [0.2, 0.25) is 11.8 Å². The van der Waals surface area contributed by atoms with Crippen LogP contribution in [-0.2, 0) is 11.2 Å². The Morgan fingerprint density at radius 1 is 1.29 bits per heavy atom. The fraction of sp³-hybridized carbons (Fsp3) is 0.471. The molecule has 7 heteroatoms. The van der Waals surface area contributed by atoms with E-state index in [1.165, 1.54) is 0 Å². The fourth-order valence-corrected chi connectivity index (χ4v) is 3.12. The van der Waals surface area contributed by atoms with Gasteiger partial charge in [0.1, 0.15) is 0 Å². The van der Waals surface area contributed by atoms with Crippen molar-refractivity contribution in [3.8, 4) is 0 Å². The van der Waals surface area contributed by atoms with Crippen LogP contribution in [-0.4, -0.2) is 52.0 Å². The highest BCUT2D eigenvalue weighted by Crippen LogP contribution is 2.21. The molecule has 1 aromatic heterocycles. The predicted octanol–water partition coefficient (Wildman–Crippen LogP) is 2.48. The van der Waals surface area contributed by atoms with Gasteiger partial charge in [-0.15, -0.1) is 0 Å². The molecule has 24 heavy (non-hydrogen) atoms. The van der Waals surface area contributed by atoms with Crippen LogP contribution >= 0.6 is 11.6 Å². The van der Waals surface area contributed by atoms with Gasteiger partial charge in [0.25, 0.3) is 0 Å². The third kappa shape index (κ3) is 3.76. The Hall–Kier alpha value is -1.92. The number of nitrogens with zero attached hydrogens (tertiary/aromatic N) is 4. The van der Waals surface area contributed by atoms with Crippen LogP contribution in [0.1, 0.15) is 30.2 Å². The van der Waals surface area contributed by atoms with E-state index in [9.17, 15) is 4.79 Å². The first-order valence-corrected chi connectivity index (χ1v) is 8.48. The van der Waals surface area contributed by atoms with Crippen LogP contribution in [0.2, 0.25) is 5.02 Å². The number of rotatable bonds is 4. The number of halogens is 1. The smallest absolute Gasteiger partial charge is 0.243 e. The Morgan fingerprint density at radius 2 is 2.00 bits per heavy atom. The number of hydrogen-bond acceptors (Lipinski definition) is 5. The molecule has 1 amide bonds. The number of amides is 1. The summed E-state index contributed by atoms with van der Waals surface area (Å²) in [5, 5.41) is 4.48. The van der Waals surface area contributed by atoms with Crippen LogP contribution in [0.4, 0.5) is 0 Å². The van der Waals surface area contributed by atoms with Crippen LogP contribution < -0.4 is 0 Å². The lowest BCUT2D eigenvalue weighted by Gasteiger charge is -2.36.